The Kier molecular flexibility index (Phi) is 8.18. The molecule has 1 heterocycles. The quantitative estimate of drug-likeness (QED) is 0.619. The van der Waals surface area contributed by atoms with Gasteiger partial charge in [-0.25, -0.2) is 0 Å². The molecule has 6 heteroatoms. The highest BCUT2D eigenvalue weighted by atomic mass is 16.2. The van der Waals surface area contributed by atoms with Crippen molar-refractivity contribution in [3.63, 3.8) is 0 Å². The SMILES string of the molecule is CNCCN1CCN(CCN(C)C)C(C(=O)NC(C)C)C1. The summed E-state index contributed by atoms with van der Waals surface area (Å²) in [5.41, 5.74) is 0. The largest absolute Gasteiger partial charge is 0.353 e. The first-order chi connectivity index (χ1) is 9.93. The van der Waals surface area contributed by atoms with E-state index in [-0.39, 0.29) is 18.0 Å². The zero-order chi connectivity index (χ0) is 15.8. The molecule has 0 radical (unpaired) electrons. The van der Waals surface area contributed by atoms with E-state index in [4.69, 9.17) is 0 Å². The standard InChI is InChI=1S/C15H33N5O/c1-13(2)17-15(21)14-12-19(7-6-16-3)9-11-20(14)10-8-18(4)5/h13-14,16H,6-12H2,1-5H3,(H,17,21). The molecule has 0 bridgehead atoms. The summed E-state index contributed by atoms with van der Waals surface area (Å²) in [5, 5.41) is 6.25. The minimum Gasteiger partial charge on any atom is -0.353 e. The molecule has 1 amide bonds. The van der Waals surface area contributed by atoms with Gasteiger partial charge in [0.15, 0.2) is 0 Å². The predicted molar refractivity (Wildman–Crippen MR) is 87.6 cm³/mol. The fourth-order valence-corrected chi connectivity index (χ4v) is 2.58. The van der Waals surface area contributed by atoms with Crippen molar-refractivity contribution in [2.75, 3.05) is 67.0 Å². The summed E-state index contributed by atoms with van der Waals surface area (Å²) >= 11 is 0. The van der Waals surface area contributed by atoms with Crippen LogP contribution < -0.4 is 10.6 Å². The Labute approximate surface area is 129 Å². The van der Waals surface area contributed by atoms with Crippen LogP contribution in [0.1, 0.15) is 13.8 Å². The Morgan fingerprint density at radius 2 is 2.00 bits per heavy atom. The number of carbonyl (C=O) groups is 1. The van der Waals surface area contributed by atoms with Crippen molar-refractivity contribution >= 4 is 5.91 Å². The number of rotatable bonds is 8. The van der Waals surface area contributed by atoms with Crippen LogP contribution >= 0.6 is 0 Å². The molecule has 0 aromatic heterocycles. The number of nitrogens with one attached hydrogen (secondary N) is 2. The first kappa shape index (κ1) is 18.4. The van der Waals surface area contributed by atoms with Crippen molar-refractivity contribution in [1.82, 2.24) is 25.3 Å². The van der Waals surface area contributed by atoms with Gasteiger partial charge in [0, 0.05) is 51.9 Å². The first-order valence-corrected chi connectivity index (χ1v) is 8.00. The number of hydrogen-bond donors (Lipinski definition) is 2. The molecule has 0 aromatic rings. The molecule has 0 spiro atoms. The first-order valence-electron chi connectivity index (χ1n) is 8.00. The molecular formula is C15H33N5O. The maximum Gasteiger partial charge on any atom is 0.238 e. The Bertz CT molecular complexity index is 308. The van der Waals surface area contributed by atoms with Crippen LogP contribution in [0.15, 0.2) is 0 Å². The van der Waals surface area contributed by atoms with Gasteiger partial charge in [0.1, 0.15) is 6.04 Å². The van der Waals surface area contributed by atoms with Gasteiger partial charge in [-0.3, -0.25) is 14.6 Å². The Hall–Kier alpha value is -0.690. The maximum atomic E-state index is 12.5. The highest BCUT2D eigenvalue weighted by Crippen LogP contribution is 2.10. The second-order valence-electron chi connectivity index (χ2n) is 6.42. The van der Waals surface area contributed by atoms with Crippen molar-refractivity contribution in [2.45, 2.75) is 25.9 Å². The summed E-state index contributed by atoms with van der Waals surface area (Å²) in [6, 6.07) is 0.166. The molecule has 0 aromatic carbocycles. The summed E-state index contributed by atoms with van der Waals surface area (Å²) in [5.74, 6) is 0.165. The number of likely N-dealkylation sites (N-methyl/N-ethyl adjacent to an activating group) is 2. The van der Waals surface area contributed by atoms with Gasteiger partial charge in [-0.2, -0.15) is 0 Å². The van der Waals surface area contributed by atoms with Crippen LogP contribution in [0.4, 0.5) is 0 Å². The second kappa shape index (κ2) is 9.35. The molecular weight excluding hydrogens is 266 g/mol. The fraction of sp³-hybridized carbons (Fsp3) is 0.933. The zero-order valence-electron chi connectivity index (χ0n) is 14.4. The molecule has 6 nitrogen and oxygen atoms in total. The predicted octanol–water partition coefficient (Wildman–Crippen LogP) is -0.722. The van der Waals surface area contributed by atoms with Crippen LogP contribution in [0.25, 0.3) is 0 Å². The lowest BCUT2D eigenvalue weighted by molar-refractivity contribution is -0.129. The van der Waals surface area contributed by atoms with Crippen LogP contribution in [-0.4, -0.2) is 99.6 Å². The van der Waals surface area contributed by atoms with E-state index in [9.17, 15) is 4.79 Å². The van der Waals surface area contributed by atoms with Gasteiger partial charge >= 0.3 is 0 Å². The van der Waals surface area contributed by atoms with E-state index >= 15 is 0 Å². The molecule has 0 aliphatic carbocycles. The van der Waals surface area contributed by atoms with E-state index in [1.54, 1.807) is 0 Å². The van der Waals surface area contributed by atoms with Gasteiger partial charge in [0.25, 0.3) is 0 Å². The van der Waals surface area contributed by atoms with Crippen LogP contribution in [0.5, 0.6) is 0 Å². The van der Waals surface area contributed by atoms with Gasteiger partial charge in [0.2, 0.25) is 5.91 Å². The molecule has 1 rings (SSSR count). The average molecular weight is 299 g/mol. The van der Waals surface area contributed by atoms with E-state index in [1.807, 2.05) is 20.9 Å². The monoisotopic (exact) mass is 299 g/mol. The van der Waals surface area contributed by atoms with Gasteiger partial charge in [-0.1, -0.05) is 0 Å². The zero-order valence-corrected chi connectivity index (χ0v) is 14.4. The molecule has 1 aliphatic heterocycles. The maximum absolute atomic E-state index is 12.5. The Morgan fingerprint density at radius 3 is 2.57 bits per heavy atom. The lowest BCUT2D eigenvalue weighted by Gasteiger charge is -2.41. The molecule has 1 fully saturated rings. The third-order valence-corrected chi connectivity index (χ3v) is 3.82. The van der Waals surface area contributed by atoms with Gasteiger partial charge in [0.05, 0.1) is 0 Å². The van der Waals surface area contributed by atoms with Crippen molar-refractivity contribution in [2.24, 2.45) is 0 Å². The van der Waals surface area contributed by atoms with Gasteiger partial charge in [-0.15, -0.1) is 0 Å². The number of carbonyl (C=O) groups excluding carboxylic acids is 1. The minimum atomic E-state index is -0.0297. The van der Waals surface area contributed by atoms with Crippen LogP contribution in [0.3, 0.4) is 0 Å². The third-order valence-electron chi connectivity index (χ3n) is 3.82. The normalized spacial score (nSPS) is 21.2. The van der Waals surface area contributed by atoms with Crippen LogP contribution in [0.2, 0.25) is 0 Å². The second-order valence-corrected chi connectivity index (χ2v) is 6.42. The average Bonchev–Trinajstić information content (AvgIpc) is 2.42. The number of hydrogen-bond acceptors (Lipinski definition) is 5. The van der Waals surface area contributed by atoms with Crippen molar-refractivity contribution in [1.29, 1.82) is 0 Å². The van der Waals surface area contributed by atoms with Gasteiger partial charge < -0.3 is 15.5 Å². The summed E-state index contributed by atoms with van der Waals surface area (Å²) in [7, 11) is 6.12. The minimum absolute atomic E-state index is 0.0297. The number of amides is 1. The molecule has 0 saturated carbocycles. The number of piperazine rings is 1. The van der Waals surface area contributed by atoms with E-state index in [1.165, 1.54) is 0 Å². The highest BCUT2D eigenvalue weighted by molar-refractivity contribution is 5.82. The van der Waals surface area contributed by atoms with Gasteiger partial charge in [-0.05, 0) is 35.0 Å². The van der Waals surface area contributed by atoms with E-state index in [2.05, 4.69) is 39.4 Å². The van der Waals surface area contributed by atoms with Crippen molar-refractivity contribution < 1.29 is 4.79 Å². The topological polar surface area (TPSA) is 50.9 Å². The number of nitrogens with zero attached hydrogens (tertiary/aromatic N) is 3. The smallest absolute Gasteiger partial charge is 0.238 e. The summed E-state index contributed by atoms with van der Waals surface area (Å²) in [6.45, 7) is 10.8. The van der Waals surface area contributed by atoms with Crippen LogP contribution in [-0.2, 0) is 4.79 Å². The summed E-state index contributed by atoms with van der Waals surface area (Å²) < 4.78 is 0. The summed E-state index contributed by atoms with van der Waals surface area (Å²) in [4.78, 5) is 19.4. The fourth-order valence-electron chi connectivity index (χ4n) is 2.58. The lowest BCUT2D eigenvalue weighted by atomic mass is 10.1. The molecule has 1 unspecified atom stereocenters. The lowest BCUT2D eigenvalue weighted by Crippen LogP contribution is -2.61. The van der Waals surface area contributed by atoms with Crippen molar-refractivity contribution in [3.8, 4) is 0 Å². The molecule has 2 N–H and O–H groups in total. The molecule has 1 atom stereocenters. The third kappa shape index (κ3) is 6.74. The Morgan fingerprint density at radius 1 is 1.29 bits per heavy atom. The van der Waals surface area contributed by atoms with E-state index in [0.29, 0.717) is 0 Å². The van der Waals surface area contributed by atoms with E-state index in [0.717, 1.165) is 45.8 Å². The van der Waals surface area contributed by atoms with E-state index < -0.39 is 0 Å². The van der Waals surface area contributed by atoms with Crippen LogP contribution in [0, 0.1) is 0 Å². The summed E-state index contributed by atoms with van der Waals surface area (Å²) in [6.07, 6.45) is 0. The molecule has 1 aliphatic rings. The highest BCUT2D eigenvalue weighted by Gasteiger charge is 2.32. The molecule has 1 saturated heterocycles. The Balaban J connectivity index is 2.62. The molecule has 21 heavy (non-hydrogen) atoms. The molecule has 124 valence electrons. The van der Waals surface area contributed by atoms with Crippen molar-refractivity contribution in [3.05, 3.63) is 0 Å².